The normalized spacial score (nSPS) is 27.5. The molecule has 3 heteroatoms. The maximum Gasteiger partial charge on any atom is 0.407 e. The molecule has 108 valence electrons. The lowest BCUT2D eigenvalue weighted by molar-refractivity contribution is 0.138. The highest BCUT2D eigenvalue weighted by molar-refractivity contribution is 5.67. The van der Waals surface area contributed by atoms with Crippen LogP contribution >= 0.6 is 0 Å². The topological polar surface area (TPSA) is 38.3 Å². The number of hydrogen-bond acceptors (Lipinski definition) is 2. The summed E-state index contributed by atoms with van der Waals surface area (Å²) in [7, 11) is 0. The zero-order valence-electron chi connectivity index (χ0n) is 11.9. The van der Waals surface area contributed by atoms with Gasteiger partial charge in [0.1, 0.15) is 6.61 Å². The van der Waals surface area contributed by atoms with Crippen LogP contribution < -0.4 is 5.32 Å². The molecule has 1 aromatic rings. The minimum Gasteiger partial charge on any atom is -0.445 e. The highest BCUT2D eigenvalue weighted by Gasteiger charge is 2.38. The minimum atomic E-state index is -0.294. The Morgan fingerprint density at radius 3 is 2.75 bits per heavy atom. The van der Waals surface area contributed by atoms with E-state index in [0.717, 1.165) is 36.3 Å². The fourth-order valence-corrected chi connectivity index (χ4v) is 3.86. The lowest BCUT2D eigenvalue weighted by Gasteiger charge is -2.21. The Labute approximate surface area is 120 Å². The van der Waals surface area contributed by atoms with Crippen LogP contribution in [0.1, 0.15) is 37.7 Å². The van der Waals surface area contributed by atoms with Crippen molar-refractivity contribution in [3.8, 4) is 0 Å². The largest absolute Gasteiger partial charge is 0.445 e. The summed E-state index contributed by atoms with van der Waals surface area (Å²) in [6.07, 6.45) is 6.48. The molecule has 3 nitrogen and oxygen atoms in total. The third-order valence-electron chi connectivity index (χ3n) is 4.88. The molecule has 0 spiro atoms. The molecule has 1 aromatic carbocycles. The summed E-state index contributed by atoms with van der Waals surface area (Å²) in [4.78, 5) is 11.6. The van der Waals surface area contributed by atoms with Crippen LogP contribution in [0.25, 0.3) is 0 Å². The summed E-state index contributed by atoms with van der Waals surface area (Å²) in [6, 6.07) is 9.78. The van der Waals surface area contributed by atoms with Gasteiger partial charge in [-0.25, -0.2) is 4.79 Å². The molecule has 0 radical (unpaired) electrons. The van der Waals surface area contributed by atoms with E-state index in [1.807, 2.05) is 30.3 Å². The van der Waals surface area contributed by atoms with E-state index in [9.17, 15) is 4.79 Å². The standard InChI is InChI=1S/C17H23NO2/c19-17(20-12-13-4-2-1-3-5-13)18-9-8-16-11-14-6-7-15(16)10-14/h1-5,14-16H,6-12H2,(H,18,19). The summed E-state index contributed by atoms with van der Waals surface area (Å²) < 4.78 is 5.20. The quantitative estimate of drug-likeness (QED) is 0.887. The second-order valence-corrected chi connectivity index (χ2v) is 6.21. The van der Waals surface area contributed by atoms with Gasteiger partial charge in [0.25, 0.3) is 0 Å². The Bertz CT molecular complexity index is 446. The smallest absolute Gasteiger partial charge is 0.407 e. The minimum absolute atomic E-state index is 0.294. The first-order valence-corrected chi connectivity index (χ1v) is 7.76. The molecule has 3 unspecified atom stereocenters. The van der Waals surface area contributed by atoms with E-state index in [1.165, 1.54) is 25.7 Å². The lowest BCUT2D eigenvalue weighted by atomic mass is 9.86. The van der Waals surface area contributed by atoms with Crippen molar-refractivity contribution < 1.29 is 9.53 Å². The van der Waals surface area contributed by atoms with E-state index in [2.05, 4.69) is 5.32 Å². The Morgan fingerprint density at radius 1 is 1.20 bits per heavy atom. The average Bonchev–Trinajstić information content (AvgIpc) is 3.09. The van der Waals surface area contributed by atoms with Gasteiger partial charge in [-0.2, -0.15) is 0 Å². The van der Waals surface area contributed by atoms with Crippen molar-refractivity contribution in [1.29, 1.82) is 0 Å². The summed E-state index contributed by atoms with van der Waals surface area (Å²) >= 11 is 0. The number of rotatable bonds is 5. The molecule has 1 amide bonds. The van der Waals surface area contributed by atoms with Gasteiger partial charge in [0, 0.05) is 6.54 Å². The molecule has 0 heterocycles. The molecule has 0 aromatic heterocycles. The Morgan fingerprint density at radius 2 is 2.05 bits per heavy atom. The molecule has 3 atom stereocenters. The predicted molar refractivity (Wildman–Crippen MR) is 78.2 cm³/mol. The Balaban J connectivity index is 1.31. The third kappa shape index (κ3) is 3.33. The highest BCUT2D eigenvalue weighted by atomic mass is 16.5. The number of alkyl carbamates (subject to hydrolysis) is 1. The van der Waals surface area contributed by atoms with Crippen molar-refractivity contribution in [2.75, 3.05) is 6.54 Å². The SMILES string of the molecule is O=C(NCCC1CC2CCC1C2)OCc1ccccc1. The molecule has 2 aliphatic rings. The van der Waals surface area contributed by atoms with Crippen LogP contribution in [0.3, 0.4) is 0 Å². The molecular formula is C17H23NO2. The second-order valence-electron chi connectivity index (χ2n) is 6.21. The summed E-state index contributed by atoms with van der Waals surface area (Å²) in [5.74, 6) is 2.75. The third-order valence-corrected chi connectivity index (χ3v) is 4.88. The molecule has 0 aliphatic heterocycles. The van der Waals surface area contributed by atoms with Gasteiger partial charge in [0.15, 0.2) is 0 Å². The molecule has 2 fully saturated rings. The molecule has 2 aliphatic carbocycles. The first-order valence-electron chi connectivity index (χ1n) is 7.76. The van der Waals surface area contributed by atoms with E-state index in [-0.39, 0.29) is 6.09 Å². The first-order chi connectivity index (χ1) is 9.81. The zero-order valence-corrected chi connectivity index (χ0v) is 11.9. The number of carbonyl (C=O) groups excluding carboxylic acids is 1. The molecule has 1 N–H and O–H groups in total. The number of hydrogen-bond donors (Lipinski definition) is 1. The van der Waals surface area contributed by atoms with Gasteiger partial charge in [0.2, 0.25) is 0 Å². The summed E-state index contributed by atoms with van der Waals surface area (Å²) in [5.41, 5.74) is 1.02. The van der Waals surface area contributed by atoms with E-state index >= 15 is 0 Å². The number of carbonyl (C=O) groups is 1. The van der Waals surface area contributed by atoms with Crippen molar-refractivity contribution in [3.05, 3.63) is 35.9 Å². The van der Waals surface area contributed by atoms with Gasteiger partial charge in [-0.1, -0.05) is 36.8 Å². The van der Waals surface area contributed by atoms with Crippen LogP contribution in [0.15, 0.2) is 30.3 Å². The maximum atomic E-state index is 11.6. The molecule has 2 saturated carbocycles. The Hall–Kier alpha value is -1.51. The fraction of sp³-hybridized carbons (Fsp3) is 0.588. The number of benzene rings is 1. The van der Waals surface area contributed by atoms with Crippen molar-refractivity contribution >= 4 is 6.09 Å². The summed E-state index contributed by atoms with van der Waals surface area (Å²) in [6.45, 7) is 1.10. The number of nitrogens with one attached hydrogen (secondary N) is 1. The zero-order chi connectivity index (χ0) is 13.8. The van der Waals surface area contributed by atoms with Gasteiger partial charge >= 0.3 is 6.09 Å². The Kier molecular flexibility index (Phi) is 4.24. The van der Waals surface area contributed by atoms with E-state index < -0.39 is 0 Å². The van der Waals surface area contributed by atoms with Crippen molar-refractivity contribution in [1.82, 2.24) is 5.32 Å². The van der Waals surface area contributed by atoms with Crippen molar-refractivity contribution in [3.63, 3.8) is 0 Å². The average molecular weight is 273 g/mol. The van der Waals surface area contributed by atoms with Crippen molar-refractivity contribution in [2.24, 2.45) is 17.8 Å². The number of fused-ring (bicyclic) bond motifs is 2. The number of ether oxygens (including phenoxy) is 1. The lowest BCUT2D eigenvalue weighted by Crippen LogP contribution is -2.27. The van der Waals surface area contributed by atoms with Crippen molar-refractivity contribution in [2.45, 2.75) is 38.7 Å². The van der Waals surface area contributed by atoms with Crippen LogP contribution in [0.4, 0.5) is 4.79 Å². The van der Waals surface area contributed by atoms with Crippen LogP contribution in [0, 0.1) is 17.8 Å². The van der Waals surface area contributed by atoms with Crippen LogP contribution in [0.5, 0.6) is 0 Å². The van der Waals surface area contributed by atoms with E-state index in [1.54, 1.807) is 0 Å². The fourth-order valence-electron chi connectivity index (χ4n) is 3.86. The highest BCUT2D eigenvalue weighted by Crippen LogP contribution is 2.49. The van der Waals surface area contributed by atoms with Gasteiger partial charge < -0.3 is 10.1 Å². The van der Waals surface area contributed by atoms with Gasteiger partial charge in [-0.15, -0.1) is 0 Å². The van der Waals surface area contributed by atoms with Crippen LogP contribution in [-0.2, 0) is 11.3 Å². The molecule has 20 heavy (non-hydrogen) atoms. The molecular weight excluding hydrogens is 250 g/mol. The van der Waals surface area contributed by atoms with E-state index in [4.69, 9.17) is 4.74 Å². The van der Waals surface area contributed by atoms with Crippen LogP contribution in [-0.4, -0.2) is 12.6 Å². The monoisotopic (exact) mass is 273 g/mol. The van der Waals surface area contributed by atoms with Gasteiger partial charge in [-0.05, 0) is 49.0 Å². The molecule has 0 saturated heterocycles. The van der Waals surface area contributed by atoms with Gasteiger partial charge in [0.05, 0.1) is 0 Å². The molecule has 3 rings (SSSR count). The van der Waals surface area contributed by atoms with Crippen LogP contribution in [0.2, 0.25) is 0 Å². The maximum absolute atomic E-state index is 11.6. The van der Waals surface area contributed by atoms with Gasteiger partial charge in [-0.3, -0.25) is 0 Å². The van der Waals surface area contributed by atoms with E-state index in [0.29, 0.717) is 6.61 Å². The first kappa shape index (κ1) is 13.5. The summed E-state index contributed by atoms with van der Waals surface area (Å²) in [5, 5.41) is 2.88. The number of amides is 1. The predicted octanol–water partition coefficient (Wildman–Crippen LogP) is 3.74. The molecule has 2 bridgehead atoms. The second kappa shape index (κ2) is 6.29.